The quantitative estimate of drug-likeness (QED) is 0.945. The lowest BCUT2D eigenvalue weighted by Gasteiger charge is -2.25. The van der Waals surface area contributed by atoms with Crippen molar-refractivity contribution >= 4 is 22.9 Å². The van der Waals surface area contributed by atoms with Gasteiger partial charge < -0.3 is 10.2 Å². The Morgan fingerprint density at radius 3 is 3.10 bits per heavy atom. The summed E-state index contributed by atoms with van der Waals surface area (Å²) in [6, 6.07) is 6.31. The van der Waals surface area contributed by atoms with Crippen LogP contribution in [0.15, 0.2) is 29.8 Å². The molecule has 0 radical (unpaired) electrons. The number of hydrogen-bond donors (Lipinski definition) is 1. The number of aryl methyl sites for hydroxylation is 1. The predicted molar refractivity (Wildman–Crippen MR) is 85.9 cm³/mol. The number of fused-ring (bicyclic) bond motifs is 1. The monoisotopic (exact) mass is 301 g/mol. The van der Waals surface area contributed by atoms with E-state index < -0.39 is 0 Å². The summed E-state index contributed by atoms with van der Waals surface area (Å²) in [5.41, 5.74) is 2.84. The van der Waals surface area contributed by atoms with Crippen molar-refractivity contribution in [2.75, 3.05) is 19.4 Å². The molecule has 2 aromatic heterocycles. The van der Waals surface area contributed by atoms with Gasteiger partial charge in [-0.3, -0.25) is 9.78 Å². The number of carbonyl (C=O) groups is 1. The van der Waals surface area contributed by atoms with Crippen LogP contribution in [-0.4, -0.2) is 29.9 Å². The molecule has 1 N–H and O–H groups in total. The number of carbonyl (C=O) groups excluding carboxylic acids is 1. The molecular formula is C16H19N3OS. The summed E-state index contributed by atoms with van der Waals surface area (Å²) in [5, 5.41) is 5.72. The molecule has 0 aromatic carbocycles. The van der Waals surface area contributed by atoms with Crippen molar-refractivity contribution in [2.24, 2.45) is 0 Å². The molecule has 0 fully saturated rings. The van der Waals surface area contributed by atoms with Crippen LogP contribution in [0.3, 0.4) is 0 Å². The van der Waals surface area contributed by atoms with Crippen LogP contribution >= 0.6 is 11.3 Å². The highest BCUT2D eigenvalue weighted by Gasteiger charge is 2.21. The summed E-state index contributed by atoms with van der Waals surface area (Å²) in [6.45, 7) is 0. The summed E-state index contributed by atoms with van der Waals surface area (Å²) in [5.74, 6) is -0.0708. The summed E-state index contributed by atoms with van der Waals surface area (Å²) in [7, 11) is 3.48. The Hall–Kier alpha value is -1.88. The minimum atomic E-state index is -0.0708. The zero-order valence-corrected chi connectivity index (χ0v) is 13.1. The van der Waals surface area contributed by atoms with E-state index in [0.717, 1.165) is 12.1 Å². The largest absolute Gasteiger partial charge is 0.378 e. The number of anilines is 1. The fraction of sp³-hybridized carbons (Fsp3) is 0.375. The van der Waals surface area contributed by atoms with Gasteiger partial charge in [0.1, 0.15) is 5.69 Å². The average Bonchev–Trinajstić information content (AvgIpc) is 2.96. The van der Waals surface area contributed by atoms with Crippen LogP contribution in [0.2, 0.25) is 0 Å². The highest BCUT2D eigenvalue weighted by molar-refractivity contribution is 7.10. The number of rotatable bonds is 3. The zero-order valence-electron chi connectivity index (χ0n) is 12.3. The molecule has 0 bridgehead atoms. The number of thiophene rings is 1. The molecular weight excluding hydrogens is 282 g/mol. The van der Waals surface area contributed by atoms with Gasteiger partial charge in [-0.25, -0.2) is 0 Å². The number of amides is 1. The Kier molecular flexibility index (Phi) is 3.92. The maximum Gasteiger partial charge on any atom is 0.272 e. The van der Waals surface area contributed by atoms with Crippen molar-refractivity contribution in [2.45, 2.75) is 25.3 Å². The molecule has 1 unspecified atom stereocenters. The molecule has 0 saturated heterocycles. The molecule has 0 saturated carbocycles. The minimum Gasteiger partial charge on any atom is -0.378 e. The first-order valence-corrected chi connectivity index (χ1v) is 8.03. The maximum absolute atomic E-state index is 12.0. The second-order valence-electron chi connectivity index (χ2n) is 5.52. The predicted octanol–water partition coefficient (Wildman–Crippen LogP) is 3.33. The Bertz CT molecular complexity index is 650. The molecule has 110 valence electrons. The van der Waals surface area contributed by atoms with Gasteiger partial charge in [-0.1, -0.05) is 0 Å². The third-order valence-corrected chi connectivity index (χ3v) is 4.77. The van der Waals surface area contributed by atoms with Crippen LogP contribution in [0, 0.1) is 0 Å². The van der Waals surface area contributed by atoms with Crippen molar-refractivity contribution in [1.29, 1.82) is 0 Å². The third-order valence-electron chi connectivity index (χ3n) is 3.78. The van der Waals surface area contributed by atoms with Gasteiger partial charge in [0, 0.05) is 30.9 Å². The molecule has 1 aliphatic rings. The van der Waals surface area contributed by atoms with E-state index in [9.17, 15) is 4.79 Å². The highest BCUT2D eigenvalue weighted by atomic mass is 32.1. The van der Waals surface area contributed by atoms with Crippen molar-refractivity contribution in [3.05, 3.63) is 45.9 Å². The molecule has 21 heavy (non-hydrogen) atoms. The topological polar surface area (TPSA) is 45.2 Å². The molecule has 5 heteroatoms. The number of nitrogens with one attached hydrogen (secondary N) is 1. The van der Waals surface area contributed by atoms with Crippen molar-refractivity contribution in [3.8, 4) is 0 Å². The number of pyridine rings is 1. The van der Waals surface area contributed by atoms with E-state index in [0.29, 0.717) is 11.7 Å². The van der Waals surface area contributed by atoms with Crippen LogP contribution in [0.1, 0.15) is 39.8 Å². The average molecular weight is 301 g/mol. The summed E-state index contributed by atoms with van der Waals surface area (Å²) < 4.78 is 0. The highest BCUT2D eigenvalue weighted by Crippen LogP contribution is 2.35. The Balaban J connectivity index is 1.81. The van der Waals surface area contributed by atoms with E-state index in [1.165, 1.54) is 23.3 Å². The first kappa shape index (κ1) is 14.1. The minimum absolute atomic E-state index is 0.0708. The molecule has 2 aromatic rings. The molecule has 1 atom stereocenters. The zero-order chi connectivity index (χ0) is 14.8. The Morgan fingerprint density at radius 2 is 2.29 bits per heavy atom. The molecule has 4 nitrogen and oxygen atoms in total. The fourth-order valence-corrected chi connectivity index (χ4v) is 3.69. The lowest BCUT2D eigenvalue weighted by molar-refractivity contribution is 0.0822. The van der Waals surface area contributed by atoms with E-state index in [4.69, 9.17) is 0 Å². The second kappa shape index (κ2) is 5.85. The van der Waals surface area contributed by atoms with E-state index in [-0.39, 0.29) is 5.91 Å². The van der Waals surface area contributed by atoms with Crippen molar-refractivity contribution < 1.29 is 4.79 Å². The van der Waals surface area contributed by atoms with E-state index in [2.05, 4.69) is 21.7 Å². The smallest absolute Gasteiger partial charge is 0.272 e. The van der Waals surface area contributed by atoms with Crippen molar-refractivity contribution in [1.82, 2.24) is 9.88 Å². The summed E-state index contributed by atoms with van der Waals surface area (Å²) >= 11 is 1.84. The molecule has 3 rings (SSSR count). The van der Waals surface area contributed by atoms with Crippen LogP contribution in [0.5, 0.6) is 0 Å². The van der Waals surface area contributed by atoms with Crippen LogP contribution in [-0.2, 0) is 6.42 Å². The van der Waals surface area contributed by atoms with Gasteiger partial charge in [-0.05, 0) is 48.4 Å². The van der Waals surface area contributed by atoms with E-state index >= 15 is 0 Å². The standard InChI is InChI=1S/C16H19N3OS/c1-19(2)16(20)14-10-11(6-8-17-14)18-13-4-3-5-15-12(13)7-9-21-15/h6-10,13H,3-5H2,1-2H3,(H,17,18). The van der Waals surface area contributed by atoms with Gasteiger partial charge in [-0.2, -0.15) is 0 Å². The molecule has 1 amide bonds. The van der Waals surface area contributed by atoms with Gasteiger partial charge in [0.2, 0.25) is 0 Å². The SMILES string of the molecule is CN(C)C(=O)c1cc(NC2CCCc3sccc32)ccn1. The van der Waals surface area contributed by atoms with Gasteiger partial charge >= 0.3 is 0 Å². The van der Waals surface area contributed by atoms with E-state index in [1.54, 1.807) is 25.2 Å². The Labute approximate surface area is 128 Å². The summed E-state index contributed by atoms with van der Waals surface area (Å²) in [6.07, 6.45) is 5.21. The number of aromatic nitrogens is 1. The molecule has 2 heterocycles. The lowest BCUT2D eigenvalue weighted by atomic mass is 9.94. The van der Waals surface area contributed by atoms with Crippen LogP contribution in [0.4, 0.5) is 5.69 Å². The van der Waals surface area contributed by atoms with Crippen LogP contribution < -0.4 is 5.32 Å². The first-order chi connectivity index (χ1) is 10.1. The van der Waals surface area contributed by atoms with Crippen molar-refractivity contribution in [3.63, 3.8) is 0 Å². The third kappa shape index (κ3) is 2.93. The Morgan fingerprint density at radius 1 is 1.43 bits per heavy atom. The number of nitrogens with zero attached hydrogens (tertiary/aromatic N) is 2. The number of hydrogen-bond acceptors (Lipinski definition) is 4. The van der Waals surface area contributed by atoms with Crippen LogP contribution in [0.25, 0.3) is 0 Å². The maximum atomic E-state index is 12.0. The van der Waals surface area contributed by atoms with Gasteiger partial charge in [0.25, 0.3) is 5.91 Å². The first-order valence-electron chi connectivity index (χ1n) is 7.15. The molecule has 1 aliphatic carbocycles. The molecule has 0 spiro atoms. The second-order valence-corrected chi connectivity index (χ2v) is 6.52. The molecule has 0 aliphatic heterocycles. The van der Waals surface area contributed by atoms with E-state index in [1.807, 2.05) is 23.5 Å². The summed E-state index contributed by atoms with van der Waals surface area (Å²) in [4.78, 5) is 19.2. The normalized spacial score (nSPS) is 17.1. The van der Waals surface area contributed by atoms with Gasteiger partial charge in [0.15, 0.2) is 0 Å². The lowest BCUT2D eigenvalue weighted by Crippen LogP contribution is -2.23. The van der Waals surface area contributed by atoms with Gasteiger partial charge in [0.05, 0.1) is 6.04 Å². The fourth-order valence-electron chi connectivity index (χ4n) is 2.70. The van der Waals surface area contributed by atoms with Gasteiger partial charge in [-0.15, -0.1) is 11.3 Å².